The maximum Gasteiger partial charge on any atom is 0.291 e. The van der Waals surface area contributed by atoms with Crippen molar-refractivity contribution in [3.8, 4) is 0 Å². The van der Waals surface area contributed by atoms with E-state index in [2.05, 4.69) is 15.8 Å². The number of anilines is 1. The van der Waals surface area contributed by atoms with Crippen LogP contribution >= 0.6 is 0 Å². The molecule has 3 rings (SSSR count). The second-order valence-corrected chi connectivity index (χ2v) is 4.69. The van der Waals surface area contributed by atoms with Gasteiger partial charge in [0, 0.05) is 0 Å². The first-order valence-electron chi connectivity index (χ1n) is 7.05. The molecule has 0 radical (unpaired) electrons. The Hall–Kier alpha value is -3.61. The van der Waals surface area contributed by atoms with Gasteiger partial charge in [-0.05, 0) is 36.4 Å². The summed E-state index contributed by atoms with van der Waals surface area (Å²) in [5.41, 5.74) is 3.01. The predicted octanol–water partition coefficient (Wildman–Crippen LogP) is 2.89. The van der Waals surface area contributed by atoms with Crippen molar-refractivity contribution < 1.29 is 18.4 Å². The molecule has 2 amide bonds. The van der Waals surface area contributed by atoms with E-state index in [9.17, 15) is 9.59 Å². The van der Waals surface area contributed by atoms with Gasteiger partial charge in [-0.1, -0.05) is 12.1 Å². The third-order valence-electron chi connectivity index (χ3n) is 3.07. The van der Waals surface area contributed by atoms with Crippen molar-refractivity contribution in [2.75, 3.05) is 5.32 Å². The van der Waals surface area contributed by atoms with Crippen LogP contribution in [0.15, 0.2) is 75.0 Å². The minimum absolute atomic E-state index is 0.154. The fourth-order valence-corrected chi connectivity index (χ4v) is 1.96. The lowest BCUT2D eigenvalue weighted by atomic mass is 10.1. The van der Waals surface area contributed by atoms with E-state index in [1.807, 2.05) is 0 Å². The van der Waals surface area contributed by atoms with E-state index in [0.717, 1.165) is 0 Å². The van der Waals surface area contributed by atoms with Gasteiger partial charge in [0.15, 0.2) is 5.76 Å². The lowest BCUT2D eigenvalue weighted by Gasteiger charge is -2.08. The maximum absolute atomic E-state index is 12.2. The number of benzene rings is 1. The van der Waals surface area contributed by atoms with Gasteiger partial charge in [-0.2, -0.15) is 5.10 Å². The summed E-state index contributed by atoms with van der Waals surface area (Å²) in [5, 5.41) is 6.44. The molecule has 2 N–H and O–H groups in total. The minimum Gasteiger partial charge on any atom is -0.463 e. The van der Waals surface area contributed by atoms with Crippen LogP contribution in [-0.4, -0.2) is 18.0 Å². The summed E-state index contributed by atoms with van der Waals surface area (Å²) >= 11 is 0. The third-order valence-corrected chi connectivity index (χ3v) is 3.07. The summed E-state index contributed by atoms with van der Waals surface area (Å²) in [7, 11) is 0. The summed E-state index contributed by atoms with van der Waals surface area (Å²) in [6.07, 6.45) is 4.28. The van der Waals surface area contributed by atoms with Crippen molar-refractivity contribution in [3.05, 3.63) is 78.1 Å². The quantitative estimate of drug-likeness (QED) is 0.557. The highest BCUT2D eigenvalue weighted by molar-refractivity contribution is 6.07. The number of nitrogens with one attached hydrogen (secondary N) is 2. The molecule has 0 aliphatic rings. The topological polar surface area (TPSA) is 96.8 Å². The second-order valence-electron chi connectivity index (χ2n) is 4.69. The number of amides is 2. The number of carbonyl (C=O) groups excluding carboxylic acids is 2. The van der Waals surface area contributed by atoms with Crippen molar-refractivity contribution in [1.82, 2.24) is 5.43 Å². The van der Waals surface area contributed by atoms with E-state index < -0.39 is 11.8 Å². The van der Waals surface area contributed by atoms with E-state index >= 15 is 0 Å². The third kappa shape index (κ3) is 3.58. The van der Waals surface area contributed by atoms with Crippen LogP contribution in [0.5, 0.6) is 0 Å². The highest BCUT2D eigenvalue weighted by Crippen LogP contribution is 2.16. The molecular formula is C17H13N3O4. The minimum atomic E-state index is -0.465. The van der Waals surface area contributed by atoms with Crippen LogP contribution in [0.3, 0.4) is 0 Å². The van der Waals surface area contributed by atoms with Crippen molar-refractivity contribution in [1.29, 1.82) is 0 Å². The first-order chi connectivity index (χ1) is 11.7. The van der Waals surface area contributed by atoms with E-state index in [-0.39, 0.29) is 11.3 Å². The number of carbonyl (C=O) groups is 2. The summed E-state index contributed by atoms with van der Waals surface area (Å²) in [4.78, 5) is 24.3. The Morgan fingerprint density at radius 2 is 1.71 bits per heavy atom. The van der Waals surface area contributed by atoms with E-state index in [4.69, 9.17) is 8.83 Å². The Bertz CT molecular complexity index is 852. The summed E-state index contributed by atoms with van der Waals surface area (Å²) in [5.74, 6) is -0.247. The maximum atomic E-state index is 12.2. The Balaban J connectivity index is 1.71. The van der Waals surface area contributed by atoms with Crippen LogP contribution in [-0.2, 0) is 0 Å². The van der Waals surface area contributed by atoms with Gasteiger partial charge in [0.2, 0.25) is 0 Å². The zero-order chi connectivity index (χ0) is 16.8. The molecule has 24 heavy (non-hydrogen) atoms. The van der Waals surface area contributed by atoms with Crippen LogP contribution in [0.25, 0.3) is 0 Å². The van der Waals surface area contributed by atoms with E-state index in [1.165, 1.54) is 24.8 Å². The zero-order valence-corrected chi connectivity index (χ0v) is 12.4. The smallest absolute Gasteiger partial charge is 0.291 e. The van der Waals surface area contributed by atoms with Gasteiger partial charge < -0.3 is 14.2 Å². The van der Waals surface area contributed by atoms with Crippen molar-refractivity contribution in [3.63, 3.8) is 0 Å². The second kappa shape index (κ2) is 7.10. The molecule has 2 aromatic heterocycles. The van der Waals surface area contributed by atoms with Gasteiger partial charge in [0.05, 0.1) is 30.0 Å². The molecule has 0 aliphatic carbocycles. The molecule has 7 heteroatoms. The summed E-state index contributed by atoms with van der Waals surface area (Å²) in [6, 6.07) is 13.1. The number of hydrogen-bond donors (Lipinski definition) is 2. The molecule has 1 aromatic carbocycles. The zero-order valence-electron chi connectivity index (χ0n) is 12.4. The molecule has 0 unspecified atom stereocenters. The fourth-order valence-electron chi connectivity index (χ4n) is 1.96. The molecule has 7 nitrogen and oxygen atoms in total. The van der Waals surface area contributed by atoms with Crippen LogP contribution in [0.2, 0.25) is 0 Å². The normalized spacial score (nSPS) is 10.7. The first kappa shape index (κ1) is 15.3. The largest absolute Gasteiger partial charge is 0.463 e. The van der Waals surface area contributed by atoms with Crippen LogP contribution in [0.1, 0.15) is 26.7 Å². The highest BCUT2D eigenvalue weighted by atomic mass is 16.3. The molecule has 0 bridgehead atoms. The van der Waals surface area contributed by atoms with Crippen LogP contribution < -0.4 is 10.7 Å². The summed E-state index contributed by atoms with van der Waals surface area (Å²) < 4.78 is 10.1. The molecule has 0 fully saturated rings. The number of rotatable bonds is 5. The van der Waals surface area contributed by atoms with Gasteiger partial charge >= 0.3 is 0 Å². The molecular weight excluding hydrogens is 310 g/mol. The van der Waals surface area contributed by atoms with Gasteiger partial charge in [-0.15, -0.1) is 0 Å². The average Bonchev–Trinajstić information content (AvgIpc) is 3.29. The molecule has 0 saturated heterocycles. The lowest BCUT2D eigenvalue weighted by Crippen LogP contribution is -2.21. The number of hydrogen-bond acceptors (Lipinski definition) is 5. The summed E-state index contributed by atoms with van der Waals surface area (Å²) in [6.45, 7) is 0. The molecule has 120 valence electrons. The Labute approximate surface area is 137 Å². The SMILES string of the molecule is O=C(Nc1ccccc1C(=O)NN=Cc1ccco1)c1ccco1. The fraction of sp³-hybridized carbons (Fsp3) is 0. The lowest BCUT2D eigenvalue weighted by molar-refractivity contribution is 0.0956. The highest BCUT2D eigenvalue weighted by Gasteiger charge is 2.14. The standard InChI is InChI=1S/C17H13N3O4/c21-16(20-18-11-12-5-3-9-23-12)13-6-1-2-7-14(13)19-17(22)15-8-4-10-24-15/h1-11H,(H,19,22)(H,20,21). The van der Waals surface area contributed by atoms with Crippen LogP contribution in [0.4, 0.5) is 5.69 Å². The number of para-hydroxylation sites is 1. The van der Waals surface area contributed by atoms with E-state index in [1.54, 1.807) is 42.5 Å². The van der Waals surface area contributed by atoms with Gasteiger partial charge in [-0.3, -0.25) is 9.59 Å². The molecule has 0 atom stereocenters. The molecule has 0 saturated carbocycles. The van der Waals surface area contributed by atoms with Gasteiger partial charge in [0.25, 0.3) is 11.8 Å². The Kier molecular flexibility index (Phi) is 4.52. The van der Waals surface area contributed by atoms with Crippen molar-refractivity contribution in [2.45, 2.75) is 0 Å². The monoisotopic (exact) mass is 323 g/mol. The predicted molar refractivity (Wildman–Crippen MR) is 86.9 cm³/mol. The number of hydrazone groups is 1. The van der Waals surface area contributed by atoms with Gasteiger partial charge in [-0.25, -0.2) is 5.43 Å². The average molecular weight is 323 g/mol. The number of furan rings is 2. The van der Waals surface area contributed by atoms with Gasteiger partial charge in [0.1, 0.15) is 5.76 Å². The van der Waals surface area contributed by atoms with Crippen LogP contribution in [0, 0.1) is 0 Å². The van der Waals surface area contributed by atoms with E-state index in [0.29, 0.717) is 11.4 Å². The van der Waals surface area contributed by atoms with Crippen molar-refractivity contribution >= 4 is 23.7 Å². The number of nitrogens with zero attached hydrogens (tertiary/aromatic N) is 1. The Morgan fingerprint density at radius 1 is 0.917 bits per heavy atom. The molecule has 0 aliphatic heterocycles. The molecule has 3 aromatic rings. The molecule has 0 spiro atoms. The van der Waals surface area contributed by atoms with Crippen molar-refractivity contribution in [2.24, 2.45) is 5.10 Å². The Morgan fingerprint density at radius 3 is 2.46 bits per heavy atom. The molecule has 2 heterocycles. The first-order valence-corrected chi connectivity index (χ1v) is 7.05.